The number of hydrogen-bond acceptors (Lipinski definition) is 34. The van der Waals surface area contributed by atoms with Gasteiger partial charge >= 0.3 is 29.8 Å². The molecule has 624 valence electrons. The number of allylic oxidation sites excluding steroid dienone is 2. The van der Waals surface area contributed by atoms with E-state index in [1.807, 2.05) is 6.92 Å². The predicted molar refractivity (Wildman–Crippen MR) is 369 cm³/mol. The highest BCUT2D eigenvalue weighted by Crippen LogP contribution is 2.76. The fraction of sp³-hybridized carbons (Fsp3) is 0.907. The summed E-state index contributed by atoms with van der Waals surface area (Å²) in [6.07, 6.45) is -44.4. The van der Waals surface area contributed by atoms with Crippen LogP contribution in [0.15, 0.2) is 11.6 Å². The lowest BCUT2D eigenvalue weighted by Crippen LogP contribution is -2.70. The highest BCUT2D eigenvalue weighted by atomic mass is 16.8. The van der Waals surface area contributed by atoms with Gasteiger partial charge in [0.25, 0.3) is 0 Å². The van der Waals surface area contributed by atoms with Crippen LogP contribution in [0.4, 0.5) is 0 Å². The van der Waals surface area contributed by atoms with E-state index in [0.717, 1.165) is 5.57 Å². The topological polar surface area (TPSA) is 518 Å². The number of aliphatic hydroxyl groups is 15. The van der Waals surface area contributed by atoms with E-state index >= 15 is 4.79 Å². The van der Waals surface area contributed by atoms with Gasteiger partial charge in [-0.05, 0) is 146 Å². The number of hydrogen-bond donors (Lipinski definition) is 15. The molecular formula is C75H120O34. The Kier molecular flexibility index (Phi) is 27.1. The minimum atomic E-state index is -2.13. The van der Waals surface area contributed by atoms with Crippen LogP contribution in [0.3, 0.4) is 0 Å². The van der Waals surface area contributed by atoms with Crippen LogP contribution in [0.2, 0.25) is 0 Å². The molecule has 39 atom stereocenters. The van der Waals surface area contributed by atoms with Crippen molar-refractivity contribution >= 4 is 29.8 Å². The van der Waals surface area contributed by atoms with Gasteiger partial charge in [-0.25, -0.2) is 0 Å². The van der Waals surface area contributed by atoms with E-state index in [1.54, 1.807) is 0 Å². The van der Waals surface area contributed by atoms with E-state index in [9.17, 15) is 95.8 Å². The first-order valence-electron chi connectivity index (χ1n) is 38.5. The number of carbonyl (C=O) groups excluding carboxylic acids is 5. The van der Waals surface area contributed by atoms with Crippen molar-refractivity contribution in [2.24, 2.45) is 50.2 Å². The second-order valence-corrected chi connectivity index (χ2v) is 34.7. The van der Waals surface area contributed by atoms with Crippen molar-refractivity contribution in [3.8, 4) is 0 Å². The molecule has 34 heteroatoms. The Morgan fingerprint density at radius 3 is 1.54 bits per heavy atom. The molecule has 109 heavy (non-hydrogen) atoms. The van der Waals surface area contributed by atoms with Crippen LogP contribution in [-0.2, 0) is 90.3 Å². The zero-order valence-corrected chi connectivity index (χ0v) is 64.6. The third-order valence-electron chi connectivity index (χ3n) is 26.2. The van der Waals surface area contributed by atoms with Crippen LogP contribution in [0.25, 0.3) is 0 Å². The number of ether oxygens (including phenoxy) is 14. The first-order chi connectivity index (χ1) is 50.8. The minimum absolute atomic E-state index is 0.0486. The van der Waals surface area contributed by atoms with Gasteiger partial charge in [-0.1, -0.05) is 53.2 Å². The van der Waals surface area contributed by atoms with Crippen LogP contribution in [0.1, 0.15) is 174 Å². The van der Waals surface area contributed by atoms with E-state index in [1.165, 1.54) is 55.4 Å². The summed E-state index contributed by atoms with van der Waals surface area (Å²) in [6.45, 7) is 22.8. The molecule has 2 unspecified atom stereocenters. The third-order valence-corrected chi connectivity index (χ3v) is 26.2. The first-order valence-corrected chi connectivity index (χ1v) is 38.5. The highest BCUT2D eigenvalue weighted by Gasteiger charge is 2.74. The standard InChI is InChI=1S/C75H120O34/c1-30(77)21-45(81)97-31(2)22-46(82)98-32(3)23-47(83)99-33(4)24-48(84)104-60-37(8)103-68(62(57(60)93)107-66-56(92)53(89)59(36(7)102-66)105-64-58(94)61(41(79)28-96-64)106-65-54(90)51(87)49(85)34(5)100-65)109-69(95)75-20-19-70(9,10)25-39(75)38-15-16-43-71(11)26-40(78)63(108-67-55(91)52(88)50(86)35(6)101-67)72(12,29-76)42(71)17-18-73(43,13)74(38,14)27-44(75)80/h15,30-37,39-44,49-68,76-80,85-94H,16-29H2,1-14H3/t30-,31-,32-,33-,34-,35-,36-,37+,39?,40-,41+,42?,43+,44+,49-,50-,51+,52+,53-,54+,55+,56+,57-,58+,59-,60-,61-,62+,63-,64-,65-,66-,67-,68-,71-,72-,73+,74+,75+/m0/s1. The molecule has 5 aliphatic carbocycles. The Morgan fingerprint density at radius 2 is 0.982 bits per heavy atom. The summed E-state index contributed by atoms with van der Waals surface area (Å²) in [5.41, 5.74) is -4.45. The molecule has 15 N–H and O–H groups in total. The van der Waals surface area contributed by atoms with Crippen LogP contribution in [-0.4, -0.2) is 310 Å². The van der Waals surface area contributed by atoms with Crippen LogP contribution in [0.5, 0.6) is 0 Å². The lowest BCUT2D eigenvalue weighted by atomic mass is 9.33. The SMILES string of the molecule is C[C@H](O)CC(=O)O[C@@H](C)CC(=O)O[C@@H](C)CC(=O)O[C@@H](C)CC(=O)O[C@@H]1[C@H](O)[C@@H](O[C@@H]2O[C@@H](C)[C@H](O[C@@H]3OC[C@@H](O)[C@H](O[C@@H]4O[C@@H](C)[C@H](O)[C@@H](O)[C@H]4O)[C@H]3O)[C@@H](O)[C@H]2O)[C@H](OC(=O)[C@]23CCC(C)(C)CC2C2=CC[C@@H]4[C@@]5(C)C[C@H](O)[C@H](O[C@@H]6O[C@@H](C)[C@H](O)[C@@H](O)[C@H]6O)[C@@](C)(CO)C5CC[C@@]4(C)[C@]2(C)C[C@H]3O)O[C@@H]1C. The van der Waals surface area contributed by atoms with Crippen molar-refractivity contribution in [1.82, 2.24) is 0 Å². The maximum atomic E-state index is 16.0. The van der Waals surface area contributed by atoms with Gasteiger partial charge < -0.3 is 143 Å². The average molecular weight is 1570 g/mol. The van der Waals surface area contributed by atoms with Gasteiger partial charge in [0.1, 0.15) is 103 Å². The van der Waals surface area contributed by atoms with Crippen molar-refractivity contribution in [3.63, 3.8) is 0 Å². The molecule has 0 aromatic rings. The maximum Gasteiger partial charge on any atom is 0.317 e. The Hall–Kier alpha value is -3.87. The van der Waals surface area contributed by atoms with Gasteiger partial charge in [0.15, 0.2) is 37.4 Å². The maximum absolute atomic E-state index is 16.0. The fourth-order valence-corrected chi connectivity index (χ4v) is 20.0. The molecule has 0 aromatic carbocycles. The molecule has 10 aliphatic rings. The molecule has 0 bridgehead atoms. The Balaban J connectivity index is 0.882. The monoisotopic (exact) mass is 1560 g/mol. The molecule has 0 spiro atoms. The third kappa shape index (κ3) is 17.1. The van der Waals surface area contributed by atoms with Crippen LogP contribution in [0, 0.1) is 50.2 Å². The molecule has 10 rings (SSSR count). The van der Waals surface area contributed by atoms with Crippen molar-refractivity contribution < 1.29 is 167 Å². The Morgan fingerprint density at radius 1 is 0.486 bits per heavy atom. The number of carbonyl (C=O) groups is 5. The number of esters is 5. The largest absolute Gasteiger partial charge is 0.462 e. The molecule has 0 aromatic heterocycles. The number of rotatable bonds is 23. The average Bonchev–Trinajstić information content (AvgIpc) is 0.669. The van der Waals surface area contributed by atoms with Crippen molar-refractivity contribution in [2.75, 3.05) is 13.2 Å². The van der Waals surface area contributed by atoms with Gasteiger partial charge in [-0.15, -0.1) is 0 Å². The van der Waals surface area contributed by atoms with E-state index < -0.39 is 284 Å². The molecule has 0 radical (unpaired) electrons. The smallest absolute Gasteiger partial charge is 0.317 e. The van der Waals surface area contributed by atoms with Gasteiger partial charge in [0, 0.05) is 5.41 Å². The second-order valence-electron chi connectivity index (χ2n) is 34.7. The lowest BCUT2D eigenvalue weighted by Gasteiger charge is -2.72. The molecule has 4 saturated carbocycles. The molecule has 5 aliphatic heterocycles. The van der Waals surface area contributed by atoms with Crippen LogP contribution < -0.4 is 0 Å². The summed E-state index contributed by atoms with van der Waals surface area (Å²) in [6, 6.07) is 0. The fourth-order valence-electron chi connectivity index (χ4n) is 20.0. The normalized spacial score (nSPS) is 48.0. The molecule has 34 nitrogen and oxygen atoms in total. The Bertz CT molecular complexity index is 3200. The summed E-state index contributed by atoms with van der Waals surface area (Å²) >= 11 is 0. The van der Waals surface area contributed by atoms with E-state index in [2.05, 4.69) is 40.7 Å². The first kappa shape index (κ1) is 87.5. The molecule has 5 saturated heterocycles. The molecule has 5 heterocycles. The second kappa shape index (κ2) is 33.8. The van der Waals surface area contributed by atoms with Crippen molar-refractivity contribution in [3.05, 3.63) is 11.6 Å². The number of fused-ring (bicyclic) bond motifs is 7. The predicted octanol–water partition coefficient (Wildman–Crippen LogP) is -1.26. The molecule has 0 amide bonds. The minimum Gasteiger partial charge on any atom is -0.462 e. The van der Waals surface area contributed by atoms with E-state index in [-0.39, 0.29) is 43.9 Å². The van der Waals surface area contributed by atoms with Gasteiger partial charge in [-0.3, -0.25) is 24.0 Å². The van der Waals surface area contributed by atoms with Crippen molar-refractivity contribution in [1.29, 1.82) is 0 Å². The zero-order valence-electron chi connectivity index (χ0n) is 64.6. The summed E-state index contributed by atoms with van der Waals surface area (Å²) in [4.78, 5) is 67.8. The highest BCUT2D eigenvalue weighted by molar-refractivity contribution is 5.80. The van der Waals surface area contributed by atoms with Gasteiger partial charge in [0.05, 0.1) is 87.7 Å². The number of aliphatic hydroxyl groups excluding tert-OH is 15. The van der Waals surface area contributed by atoms with Gasteiger partial charge in [0.2, 0.25) is 6.29 Å². The summed E-state index contributed by atoms with van der Waals surface area (Å²) in [5, 5.41) is 169. The Labute approximate surface area is 633 Å². The van der Waals surface area contributed by atoms with E-state index in [4.69, 9.17) is 66.3 Å². The quantitative estimate of drug-likeness (QED) is 0.0246. The summed E-state index contributed by atoms with van der Waals surface area (Å²) in [7, 11) is 0. The zero-order chi connectivity index (χ0) is 80.6. The lowest BCUT2D eigenvalue weighted by molar-refractivity contribution is -0.380. The van der Waals surface area contributed by atoms with Crippen molar-refractivity contribution in [2.45, 2.75) is 364 Å². The summed E-state index contributed by atoms with van der Waals surface area (Å²) < 4.78 is 82.5. The summed E-state index contributed by atoms with van der Waals surface area (Å²) in [5.74, 6) is -5.57. The van der Waals surface area contributed by atoms with E-state index in [0.29, 0.717) is 32.1 Å². The molecular weight excluding hydrogens is 1440 g/mol. The molecule has 9 fully saturated rings. The van der Waals surface area contributed by atoms with Crippen LogP contribution >= 0.6 is 0 Å². The van der Waals surface area contributed by atoms with Gasteiger partial charge in [-0.2, -0.15) is 0 Å².